The molecule has 2 saturated heterocycles. The molecule has 0 radical (unpaired) electrons. The standard InChI is InChI=1S/C12H18N4O3.ClH/c17-12-11(16-3-7-19-8-4-16)10(9-13-14-12)15-1-5-18-6-2-15;/h9H,1-8H2,(H,14,17);1H. The average Bonchev–Trinajstić information content (AvgIpc) is 2.49. The van der Waals surface area contributed by atoms with Crippen LogP contribution in [0.15, 0.2) is 11.0 Å². The van der Waals surface area contributed by atoms with E-state index in [0.717, 1.165) is 31.9 Å². The number of hydrogen-bond acceptors (Lipinski definition) is 6. The molecular formula is C12H19ClN4O3. The van der Waals surface area contributed by atoms with Gasteiger partial charge in [0.15, 0.2) is 0 Å². The van der Waals surface area contributed by atoms with Crippen LogP contribution in [0.3, 0.4) is 0 Å². The van der Waals surface area contributed by atoms with Crippen LogP contribution in [-0.4, -0.2) is 62.8 Å². The molecule has 20 heavy (non-hydrogen) atoms. The number of nitrogens with zero attached hydrogens (tertiary/aromatic N) is 3. The Morgan fingerprint density at radius 2 is 1.60 bits per heavy atom. The van der Waals surface area contributed by atoms with Gasteiger partial charge in [-0.3, -0.25) is 4.79 Å². The minimum Gasteiger partial charge on any atom is -1.00 e. The van der Waals surface area contributed by atoms with E-state index in [0.29, 0.717) is 32.1 Å². The molecule has 1 aromatic rings. The zero-order valence-corrected chi connectivity index (χ0v) is 11.9. The third-order valence-electron chi connectivity index (χ3n) is 3.49. The maximum absolute atomic E-state index is 12.1. The number of morpholine rings is 2. The van der Waals surface area contributed by atoms with E-state index >= 15 is 0 Å². The third-order valence-corrected chi connectivity index (χ3v) is 3.49. The van der Waals surface area contributed by atoms with E-state index in [1.807, 2.05) is 0 Å². The SMILES string of the molecule is O=c1[nH]ncc(N2CCOCC2)c1N1CCOCC1.[Cl-].[H+]. The molecule has 0 amide bonds. The van der Waals surface area contributed by atoms with Gasteiger partial charge in [0.1, 0.15) is 5.69 Å². The zero-order valence-electron chi connectivity index (χ0n) is 12.2. The smallest absolute Gasteiger partial charge is 1.00 e. The van der Waals surface area contributed by atoms with Crippen molar-refractivity contribution in [2.24, 2.45) is 0 Å². The molecule has 7 nitrogen and oxygen atoms in total. The molecule has 2 fully saturated rings. The highest BCUT2D eigenvalue weighted by atomic mass is 35.5. The molecule has 3 rings (SSSR count). The Labute approximate surface area is 124 Å². The number of halogens is 1. The summed E-state index contributed by atoms with van der Waals surface area (Å²) < 4.78 is 10.7. The Hall–Kier alpha value is -1.31. The minimum atomic E-state index is -0.133. The van der Waals surface area contributed by atoms with Gasteiger partial charge >= 0.3 is 1.43 Å². The van der Waals surface area contributed by atoms with Crippen LogP contribution < -0.4 is 27.8 Å². The van der Waals surface area contributed by atoms with E-state index in [2.05, 4.69) is 20.0 Å². The van der Waals surface area contributed by atoms with Crippen molar-refractivity contribution >= 4 is 11.4 Å². The average molecular weight is 303 g/mol. The van der Waals surface area contributed by atoms with Gasteiger partial charge in [0.2, 0.25) is 0 Å². The predicted octanol–water partition coefficient (Wildman–Crippen LogP) is -3.44. The normalized spacial score (nSPS) is 19.6. The minimum absolute atomic E-state index is 0. The summed E-state index contributed by atoms with van der Waals surface area (Å²) in [5, 5.41) is 6.47. The summed E-state index contributed by atoms with van der Waals surface area (Å²) >= 11 is 0. The van der Waals surface area contributed by atoms with E-state index in [-0.39, 0.29) is 19.4 Å². The van der Waals surface area contributed by atoms with Gasteiger partial charge in [-0.1, -0.05) is 0 Å². The molecule has 0 unspecified atom stereocenters. The molecule has 0 bridgehead atoms. The molecule has 0 saturated carbocycles. The Morgan fingerprint density at radius 1 is 1.05 bits per heavy atom. The van der Waals surface area contributed by atoms with Gasteiger partial charge in [-0.25, -0.2) is 5.10 Å². The largest absolute Gasteiger partial charge is 1.00 e. The molecule has 112 valence electrons. The Bertz CT molecular complexity index is 490. The van der Waals surface area contributed by atoms with Crippen LogP contribution in [0, 0.1) is 0 Å². The van der Waals surface area contributed by atoms with Crippen molar-refractivity contribution in [3.8, 4) is 0 Å². The van der Waals surface area contributed by atoms with E-state index in [4.69, 9.17) is 9.47 Å². The predicted molar refractivity (Wildman–Crippen MR) is 72.0 cm³/mol. The second kappa shape index (κ2) is 6.92. The number of nitrogens with one attached hydrogen (secondary N) is 1. The highest BCUT2D eigenvalue weighted by Crippen LogP contribution is 2.25. The van der Waals surface area contributed by atoms with Crippen molar-refractivity contribution in [2.75, 3.05) is 62.4 Å². The van der Waals surface area contributed by atoms with Crippen molar-refractivity contribution in [3.63, 3.8) is 0 Å². The maximum atomic E-state index is 12.1. The van der Waals surface area contributed by atoms with Crippen LogP contribution in [0.2, 0.25) is 0 Å². The molecule has 2 aliphatic rings. The summed E-state index contributed by atoms with van der Waals surface area (Å²) in [6.07, 6.45) is 1.73. The number of hydrogen-bond donors (Lipinski definition) is 1. The van der Waals surface area contributed by atoms with E-state index in [1.54, 1.807) is 6.20 Å². The fraction of sp³-hybridized carbons (Fsp3) is 0.667. The monoisotopic (exact) mass is 302 g/mol. The molecule has 1 aromatic heterocycles. The lowest BCUT2D eigenvalue weighted by Crippen LogP contribution is -3.00. The van der Waals surface area contributed by atoms with Crippen molar-refractivity contribution in [1.29, 1.82) is 0 Å². The van der Waals surface area contributed by atoms with Crippen LogP contribution in [0.25, 0.3) is 0 Å². The molecule has 3 heterocycles. The second-order valence-corrected chi connectivity index (χ2v) is 4.63. The number of H-pyrrole nitrogens is 1. The highest BCUT2D eigenvalue weighted by molar-refractivity contribution is 5.69. The third kappa shape index (κ3) is 3.05. The van der Waals surface area contributed by atoms with Crippen molar-refractivity contribution in [3.05, 3.63) is 16.6 Å². The van der Waals surface area contributed by atoms with Crippen LogP contribution in [0.5, 0.6) is 0 Å². The molecule has 0 spiro atoms. The van der Waals surface area contributed by atoms with Gasteiger partial charge in [0.05, 0.1) is 38.3 Å². The molecule has 0 aromatic carbocycles. The molecule has 0 atom stereocenters. The van der Waals surface area contributed by atoms with Crippen molar-refractivity contribution in [2.45, 2.75) is 0 Å². The fourth-order valence-electron chi connectivity index (χ4n) is 2.51. The first kappa shape index (κ1) is 15.1. The van der Waals surface area contributed by atoms with Gasteiger partial charge in [-0.2, -0.15) is 5.10 Å². The molecule has 8 heteroatoms. The Kier molecular flexibility index (Phi) is 5.22. The lowest BCUT2D eigenvalue weighted by molar-refractivity contribution is -0.00000551. The number of anilines is 2. The quantitative estimate of drug-likeness (QED) is 0.613. The highest BCUT2D eigenvalue weighted by Gasteiger charge is 2.23. The lowest BCUT2D eigenvalue weighted by Gasteiger charge is -2.34. The summed E-state index contributed by atoms with van der Waals surface area (Å²) in [6.45, 7) is 5.76. The van der Waals surface area contributed by atoms with Gasteiger partial charge in [0, 0.05) is 26.2 Å². The topological polar surface area (TPSA) is 70.7 Å². The first-order chi connectivity index (χ1) is 9.36. The van der Waals surface area contributed by atoms with Gasteiger partial charge in [-0.15, -0.1) is 0 Å². The van der Waals surface area contributed by atoms with Crippen LogP contribution in [0.4, 0.5) is 11.4 Å². The van der Waals surface area contributed by atoms with Crippen LogP contribution in [-0.2, 0) is 9.47 Å². The van der Waals surface area contributed by atoms with Gasteiger partial charge in [0.25, 0.3) is 5.56 Å². The van der Waals surface area contributed by atoms with Crippen molar-refractivity contribution < 1.29 is 23.3 Å². The molecule has 0 aliphatic carbocycles. The molecular weight excluding hydrogens is 284 g/mol. The summed E-state index contributed by atoms with van der Waals surface area (Å²) in [5.74, 6) is 0. The second-order valence-electron chi connectivity index (χ2n) is 4.63. The van der Waals surface area contributed by atoms with Gasteiger partial charge < -0.3 is 31.7 Å². The van der Waals surface area contributed by atoms with Crippen molar-refractivity contribution in [1.82, 2.24) is 10.2 Å². The lowest BCUT2D eigenvalue weighted by atomic mass is 10.2. The first-order valence-electron chi connectivity index (χ1n) is 6.59. The first-order valence-corrected chi connectivity index (χ1v) is 6.59. The van der Waals surface area contributed by atoms with Gasteiger partial charge in [-0.05, 0) is 0 Å². The van der Waals surface area contributed by atoms with E-state index in [9.17, 15) is 4.79 Å². The Morgan fingerprint density at radius 3 is 2.20 bits per heavy atom. The van der Waals surface area contributed by atoms with Crippen LogP contribution in [0.1, 0.15) is 1.43 Å². The fourth-order valence-corrected chi connectivity index (χ4v) is 2.51. The maximum Gasteiger partial charge on any atom is 1.00 e. The summed E-state index contributed by atoms with van der Waals surface area (Å²) in [6, 6.07) is 0. The summed E-state index contributed by atoms with van der Waals surface area (Å²) in [5.41, 5.74) is 1.47. The van der Waals surface area contributed by atoms with Crippen LogP contribution >= 0.6 is 0 Å². The number of ether oxygens (including phenoxy) is 2. The summed E-state index contributed by atoms with van der Waals surface area (Å²) in [4.78, 5) is 16.4. The molecule has 1 N–H and O–H groups in total. The molecule has 2 aliphatic heterocycles. The van der Waals surface area contributed by atoms with E-state index < -0.39 is 0 Å². The summed E-state index contributed by atoms with van der Waals surface area (Å²) in [7, 11) is 0. The Balaban J connectivity index is 0.00000110. The number of aromatic amines is 1. The number of rotatable bonds is 2. The zero-order chi connectivity index (χ0) is 13.1. The number of aromatic nitrogens is 2. The van der Waals surface area contributed by atoms with E-state index in [1.165, 1.54) is 0 Å².